The van der Waals surface area contributed by atoms with Crippen molar-refractivity contribution < 1.29 is 26.3 Å². The highest BCUT2D eigenvalue weighted by Crippen LogP contribution is 2.34. The topological polar surface area (TPSA) is 15.3 Å². The van der Waals surface area contributed by atoms with Crippen LogP contribution in [0.15, 0.2) is 54.6 Å². The summed E-state index contributed by atoms with van der Waals surface area (Å²) in [4.78, 5) is 0. The molecular weight excluding hydrogens is 310 g/mol. The molecule has 0 aliphatic rings. The van der Waals surface area contributed by atoms with Gasteiger partial charge in [-0.3, -0.25) is 5.43 Å². The number of hydrogen-bond donors (Lipinski definition) is 1. The zero-order chi connectivity index (χ0) is 16.4. The number of nitrogens with zero attached hydrogens (tertiary/aromatic N) is 1. The van der Waals surface area contributed by atoms with Crippen LogP contribution in [0.1, 0.15) is 5.56 Å². The molecule has 0 saturated carbocycles. The van der Waals surface area contributed by atoms with Gasteiger partial charge < -0.3 is 0 Å². The van der Waals surface area contributed by atoms with Crippen LogP contribution >= 0.6 is 0 Å². The summed E-state index contributed by atoms with van der Waals surface area (Å²) in [6, 6.07) is 10.4. The third-order valence-electron chi connectivity index (χ3n) is 2.70. The van der Waals surface area contributed by atoms with Gasteiger partial charge in [0.15, 0.2) is 0 Å². The number of rotatable bonds is 3. The van der Waals surface area contributed by atoms with Crippen molar-refractivity contribution in [2.75, 3.05) is 10.4 Å². The number of para-hydroxylation sites is 1. The van der Waals surface area contributed by atoms with E-state index in [2.05, 4.69) is 5.43 Å². The normalized spacial score (nSPS) is 12.1. The second kappa shape index (κ2) is 5.78. The average Bonchev–Trinajstić information content (AvgIpc) is 2.44. The predicted molar refractivity (Wildman–Crippen MR) is 70.0 cm³/mol. The fraction of sp³-hybridized carbons (Fsp3) is 0.143. The Hall–Kier alpha value is -2.38. The molecule has 0 amide bonds. The highest BCUT2D eigenvalue weighted by Gasteiger charge is 2.39. The van der Waals surface area contributed by atoms with E-state index in [0.717, 1.165) is 12.1 Å². The molecule has 0 aliphatic carbocycles. The Morgan fingerprint density at radius 2 is 1.41 bits per heavy atom. The molecule has 2 aromatic rings. The quantitative estimate of drug-likeness (QED) is 0.483. The maximum atomic E-state index is 13.1. The van der Waals surface area contributed by atoms with Crippen LogP contribution < -0.4 is 10.4 Å². The molecule has 1 N–H and O–H groups in total. The Morgan fingerprint density at radius 1 is 0.773 bits per heavy atom. The van der Waals surface area contributed by atoms with Gasteiger partial charge in [0.1, 0.15) is 0 Å². The SMILES string of the molecule is FC(F)(F)c1cccc(N(Nc2ccccc2)C(F)(F)F)c1. The third-order valence-corrected chi connectivity index (χ3v) is 2.70. The van der Waals surface area contributed by atoms with E-state index in [1.54, 1.807) is 6.07 Å². The van der Waals surface area contributed by atoms with Gasteiger partial charge in [-0.15, -0.1) is 13.2 Å². The lowest BCUT2D eigenvalue weighted by Crippen LogP contribution is -2.42. The van der Waals surface area contributed by atoms with Gasteiger partial charge in [0.25, 0.3) is 0 Å². The molecule has 2 nitrogen and oxygen atoms in total. The van der Waals surface area contributed by atoms with E-state index in [4.69, 9.17) is 0 Å². The summed E-state index contributed by atoms with van der Waals surface area (Å²) in [5.74, 6) is 0. The number of anilines is 2. The lowest BCUT2D eigenvalue weighted by atomic mass is 10.2. The van der Waals surface area contributed by atoms with Crippen LogP contribution in [0.3, 0.4) is 0 Å². The van der Waals surface area contributed by atoms with Gasteiger partial charge in [-0.25, -0.2) is 0 Å². The summed E-state index contributed by atoms with van der Waals surface area (Å²) in [5, 5.41) is -0.266. The number of hydrazine groups is 1. The van der Waals surface area contributed by atoms with Crippen LogP contribution in [0.2, 0.25) is 0 Å². The molecule has 2 rings (SSSR count). The fourth-order valence-corrected chi connectivity index (χ4v) is 1.74. The summed E-state index contributed by atoms with van der Waals surface area (Å²) in [6.07, 6.45) is -9.62. The first-order valence-electron chi connectivity index (χ1n) is 6.04. The maximum absolute atomic E-state index is 13.1. The molecule has 0 unspecified atom stereocenters. The van der Waals surface area contributed by atoms with Gasteiger partial charge in [0.2, 0.25) is 0 Å². The van der Waals surface area contributed by atoms with Gasteiger partial charge in [0, 0.05) is 0 Å². The number of benzene rings is 2. The molecule has 0 heterocycles. The van der Waals surface area contributed by atoms with Crippen LogP contribution in [0.25, 0.3) is 0 Å². The third kappa shape index (κ3) is 3.84. The predicted octanol–water partition coefficient (Wildman–Crippen LogP) is 5.06. The molecule has 8 heteroatoms. The molecule has 0 aliphatic heterocycles. The van der Waals surface area contributed by atoms with Crippen LogP contribution in [-0.2, 0) is 6.18 Å². The number of nitrogens with one attached hydrogen (secondary N) is 1. The Balaban J connectivity index is 2.38. The van der Waals surface area contributed by atoms with Gasteiger partial charge in [-0.2, -0.15) is 18.2 Å². The summed E-state index contributed by atoms with van der Waals surface area (Å²) >= 11 is 0. The first-order valence-corrected chi connectivity index (χ1v) is 6.04. The molecule has 0 aromatic heterocycles. The van der Waals surface area contributed by atoms with Crippen molar-refractivity contribution in [1.29, 1.82) is 0 Å². The average molecular weight is 320 g/mol. The van der Waals surface area contributed by atoms with Crippen LogP contribution in [0, 0.1) is 0 Å². The molecule has 0 saturated heterocycles. The first-order chi connectivity index (χ1) is 10.2. The van der Waals surface area contributed by atoms with E-state index in [-0.39, 0.29) is 10.7 Å². The Labute approximate surface area is 121 Å². The van der Waals surface area contributed by atoms with Gasteiger partial charge in [-0.05, 0) is 30.3 Å². The minimum absolute atomic E-state index is 0.0947. The zero-order valence-electron chi connectivity index (χ0n) is 10.9. The first kappa shape index (κ1) is 16.0. The summed E-state index contributed by atoms with van der Waals surface area (Å²) in [5.41, 5.74) is 0.330. The minimum Gasteiger partial charge on any atom is -0.291 e. The molecule has 0 fully saturated rings. The fourth-order valence-electron chi connectivity index (χ4n) is 1.74. The molecule has 0 bridgehead atoms. The molecule has 0 atom stereocenters. The standard InChI is InChI=1S/C14H10F6N2/c15-13(16,17)10-5-4-8-12(9-10)22(14(18,19)20)21-11-6-2-1-3-7-11/h1-9,21H. The van der Waals surface area contributed by atoms with E-state index < -0.39 is 23.7 Å². The number of halogens is 6. The van der Waals surface area contributed by atoms with Crippen molar-refractivity contribution in [3.05, 3.63) is 60.2 Å². The monoisotopic (exact) mass is 320 g/mol. The Bertz CT molecular complexity index is 621. The van der Waals surface area contributed by atoms with E-state index >= 15 is 0 Å². The number of alkyl halides is 6. The van der Waals surface area contributed by atoms with Crippen molar-refractivity contribution in [1.82, 2.24) is 0 Å². The zero-order valence-corrected chi connectivity index (χ0v) is 10.9. The highest BCUT2D eigenvalue weighted by atomic mass is 19.4. The van der Waals surface area contributed by atoms with Gasteiger partial charge >= 0.3 is 12.5 Å². The van der Waals surface area contributed by atoms with Crippen molar-refractivity contribution in [2.45, 2.75) is 12.5 Å². The number of hydrogen-bond acceptors (Lipinski definition) is 2. The van der Waals surface area contributed by atoms with E-state index in [0.29, 0.717) is 12.1 Å². The summed E-state index contributed by atoms with van der Waals surface area (Å²) < 4.78 is 77.2. The molecule has 0 radical (unpaired) electrons. The highest BCUT2D eigenvalue weighted by molar-refractivity contribution is 5.57. The van der Waals surface area contributed by atoms with E-state index in [1.165, 1.54) is 24.3 Å². The van der Waals surface area contributed by atoms with Crippen molar-refractivity contribution >= 4 is 11.4 Å². The van der Waals surface area contributed by atoms with Crippen LogP contribution in [-0.4, -0.2) is 6.30 Å². The second-order valence-corrected chi connectivity index (χ2v) is 4.33. The van der Waals surface area contributed by atoms with Crippen LogP contribution in [0.5, 0.6) is 0 Å². The van der Waals surface area contributed by atoms with Crippen molar-refractivity contribution in [2.24, 2.45) is 0 Å². The van der Waals surface area contributed by atoms with Crippen molar-refractivity contribution in [3.8, 4) is 0 Å². The smallest absolute Gasteiger partial charge is 0.291 e. The maximum Gasteiger partial charge on any atom is 0.503 e. The molecule has 22 heavy (non-hydrogen) atoms. The lowest BCUT2D eigenvalue weighted by Gasteiger charge is -2.28. The Kier molecular flexibility index (Phi) is 4.20. The van der Waals surface area contributed by atoms with Gasteiger partial charge in [0.05, 0.1) is 16.9 Å². The Morgan fingerprint density at radius 3 is 1.95 bits per heavy atom. The van der Waals surface area contributed by atoms with Crippen LogP contribution in [0.4, 0.5) is 37.7 Å². The summed E-state index contributed by atoms with van der Waals surface area (Å²) in [7, 11) is 0. The largest absolute Gasteiger partial charge is 0.503 e. The summed E-state index contributed by atoms with van der Waals surface area (Å²) in [6.45, 7) is 0. The molecule has 2 aromatic carbocycles. The minimum atomic E-state index is -4.90. The van der Waals surface area contributed by atoms with E-state index in [1.807, 2.05) is 0 Å². The van der Waals surface area contributed by atoms with Gasteiger partial charge in [-0.1, -0.05) is 24.3 Å². The molecule has 118 valence electrons. The molecule has 0 spiro atoms. The molecular formula is C14H10F6N2. The second-order valence-electron chi connectivity index (χ2n) is 4.33. The lowest BCUT2D eigenvalue weighted by molar-refractivity contribution is -0.138. The van der Waals surface area contributed by atoms with E-state index in [9.17, 15) is 26.3 Å². The van der Waals surface area contributed by atoms with Crippen molar-refractivity contribution in [3.63, 3.8) is 0 Å².